The number of allylic oxidation sites excluding steroid dienone is 1. The summed E-state index contributed by atoms with van der Waals surface area (Å²) in [6.45, 7) is 5.40. The molecule has 1 heteroatoms. The molecule has 1 rings (SSSR count). The smallest absolute Gasteiger partial charge is 0.185 e. The van der Waals surface area contributed by atoms with E-state index in [4.69, 9.17) is 0 Å². The Labute approximate surface area is 66.4 Å². The van der Waals surface area contributed by atoms with Crippen molar-refractivity contribution in [3.8, 4) is 0 Å². The van der Waals surface area contributed by atoms with E-state index in [0.29, 0.717) is 5.56 Å². The van der Waals surface area contributed by atoms with Gasteiger partial charge in [-0.3, -0.25) is 4.79 Å². The summed E-state index contributed by atoms with van der Waals surface area (Å²) in [6.07, 6.45) is 1.32. The van der Waals surface area contributed by atoms with Gasteiger partial charge in [-0.25, -0.2) is 0 Å². The quantitative estimate of drug-likeness (QED) is 0.462. The van der Waals surface area contributed by atoms with Crippen molar-refractivity contribution in [3.05, 3.63) is 48.0 Å². The van der Waals surface area contributed by atoms with Crippen LogP contribution in [0.1, 0.15) is 15.9 Å². The number of aryl methyl sites for hydroxylation is 1. The predicted molar refractivity (Wildman–Crippen MR) is 45.7 cm³/mol. The summed E-state index contributed by atoms with van der Waals surface area (Å²) in [6, 6.07) is 7.44. The van der Waals surface area contributed by atoms with Crippen LogP contribution in [0.25, 0.3) is 0 Å². The molecule has 0 saturated heterocycles. The minimum atomic E-state index is -0.0231. The Morgan fingerprint density at radius 1 is 1.36 bits per heavy atom. The lowest BCUT2D eigenvalue weighted by atomic mass is 10.1. The van der Waals surface area contributed by atoms with Gasteiger partial charge in [0.2, 0.25) is 0 Å². The summed E-state index contributed by atoms with van der Waals surface area (Å²) in [4.78, 5) is 11.0. The first-order valence-corrected chi connectivity index (χ1v) is 3.47. The van der Waals surface area contributed by atoms with E-state index in [2.05, 4.69) is 6.58 Å². The molecule has 56 valence electrons. The molecule has 0 aliphatic heterocycles. The predicted octanol–water partition coefficient (Wildman–Crippen LogP) is 2.36. The molecule has 0 N–H and O–H groups in total. The largest absolute Gasteiger partial charge is 0.289 e. The second kappa shape index (κ2) is 3.15. The average molecular weight is 146 g/mol. The van der Waals surface area contributed by atoms with E-state index in [-0.39, 0.29) is 5.78 Å². The zero-order valence-electron chi connectivity index (χ0n) is 6.50. The van der Waals surface area contributed by atoms with E-state index in [0.717, 1.165) is 5.56 Å². The Hall–Kier alpha value is -1.37. The summed E-state index contributed by atoms with van der Waals surface area (Å²) in [5, 5.41) is 0. The van der Waals surface area contributed by atoms with Crippen molar-refractivity contribution in [2.24, 2.45) is 0 Å². The molecule has 0 aromatic heterocycles. The van der Waals surface area contributed by atoms with E-state index in [1.54, 1.807) is 12.1 Å². The highest BCUT2D eigenvalue weighted by Crippen LogP contribution is 2.03. The monoisotopic (exact) mass is 146 g/mol. The van der Waals surface area contributed by atoms with Crippen LogP contribution in [0.3, 0.4) is 0 Å². The Kier molecular flexibility index (Phi) is 2.21. The van der Waals surface area contributed by atoms with E-state index >= 15 is 0 Å². The molecule has 0 radical (unpaired) electrons. The lowest BCUT2D eigenvalue weighted by Gasteiger charge is -1.94. The van der Waals surface area contributed by atoms with Gasteiger partial charge in [-0.2, -0.15) is 0 Å². The van der Waals surface area contributed by atoms with Gasteiger partial charge in [0.15, 0.2) is 5.78 Å². The fourth-order valence-electron chi connectivity index (χ4n) is 0.836. The van der Waals surface area contributed by atoms with Gasteiger partial charge in [-0.1, -0.05) is 36.4 Å². The van der Waals surface area contributed by atoms with E-state index in [1.807, 2.05) is 19.1 Å². The third-order valence-corrected chi connectivity index (χ3v) is 1.52. The fourth-order valence-corrected chi connectivity index (χ4v) is 0.836. The normalized spacial score (nSPS) is 9.18. The lowest BCUT2D eigenvalue weighted by Crippen LogP contribution is -1.92. The number of ketones is 1. The number of hydrogen-bond acceptors (Lipinski definition) is 1. The van der Waals surface area contributed by atoms with Gasteiger partial charge in [0.1, 0.15) is 0 Å². The van der Waals surface area contributed by atoms with Gasteiger partial charge in [-0.05, 0) is 13.0 Å². The molecule has 0 bridgehead atoms. The third kappa shape index (κ3) is 1.77. The molecule has 0 unspecified atom stereocenters. The van der Waals surface area contributed by atoms with Crippen LogP contribution in [-0.4, -0.2) is 5.78 Å². The summed E-state index contributed by atoms with van der Waals surface area (Å²) in [5.41, 5.74) is 1.86. The SMILES string of the molecule is C=CC(=O)c1ccc(C)cc1. The maximum atomic E-state index is 11.0. The zero-order valence-corrected chi connectivity index (χ0v) is 6.50. The maximum Gasteiger partial charge on any atom is 0.185 e. The summed E-state index contributed by atoms with van der Waals surface area (Å²) >= 11 is 0. The fraction of sp³-hybridized carbons (Fsp3) is 0.100. The van der Waals surface area contributed by atoms with Crippen LogP contribution in [0.5, 0.6) is 0 Å². The van der Waals surface area contributed by atoms with E-state index < -0.39 is 0 Å². The Morgan fingerprint density at radius 2 is 1.91 bits per heavy atom. The minimum Gasteiger partial charge on any atom is -0.289 e. The molecule has 0 heterocycles. The van der Waals surface area contributed by atoms with Crippen LogP contribution in [0.2, 0.25) is 0 Å². The van der Waals surface area contributed by atoms with E-state index in [1.165, 1.54) is 6.08 Å². The molecule has 0 atom stereocenters. The number of rotatable bonds is 2. The molecular weight excluding hydrogens is 136 g/mol. The van der Waals surface area contributed by atoms with Crippen molar-refractivity contribution >= 4 is 5.78 Å². The Bertz CT molecular complexity index is 269. The van der Waals surface area contributed by atoms with Crippen molar-refractivity contribution in [2.75, 3.05) is 0 Å². The number of carbonyl (C=O) groups is 1. The van der Waals surface area contributed by atoms with Crippen LogP contribution in [-0.2, 0) is 0 Å². The first kappa shape index (κ1) is 7.73. The molecular formula is C10H10O. The first-order valence-electron chi connectivity index (χ1n) is 3.47. The van der Waals surface area contributed by atoms with Gasteiger partial charge in [0.25, 0.3) is 0 Å². The lowest BCUT2D eigenvalue weighted by molar-refractivity contribution is 0.104. The van der Waals surface area contributed by atoms with Crippen molar-refractivity contribution in [3.63, 3.8) is 0 Å². The van der Waals surface area contributed by atoms with Gasteiger partial charge < -0.3 is 0 Å². The van der Waals surface area contributed by atoms with Crippen LogP contribution in [0.4, 0.5) is 0 Å². The van der Waals surface area contributed by atoms with Gasteiger partial charge >= 0.3 is 0 Å². The van der Waals surface area contributed by atoms with Crippen LogP contribution in [0.15, 0.2) is 36.9 Å². The van der Waals surface area contributed by atoms with Crippen molar-refractivity contribution in [1.29, 1.82) is 0 Å². The highest BCUT2D eigenvalue weighted by atomic mass is 16.1. The first-order chi connectivity index (χ1) is 5.24. The summed E-state index contributed by atoms with van der Waals surface area (Å²) < 4.78 is 0. The zero-order chi connectivity index (χ0) is 8.27. The molecule has 0 spiro atoms. The van der Waals surface area contributed by atoms with Crippen LogP contribution >= 0.6 is 0 Å². The summed E-state index contributed by atoms with van der Waals surface area (Å²) in [7, 11) is 0. The van der Waals surface area contributed by atoms with Gasteiger partial charge in [0.05, 0.1) is 0 Å². The number of hydrogen-bond donors (Lipinski definition) is 0. The van der Waals surface area contributed by atoms with Gasteiger partial charge in [0, 0.05) is 5.56 Å². The van der Waals surface area contributed by atoms with Crippen molar-refractivity contribution in [1.82, 2.24) is 0 Å². The molecule has 0 fully saturated rings. The molecule has 0 aliphatic rings. The molecule has 0 saturated carbocycles. The Morgan fingerprint density at radius 3 is 2.36 bits per heavy atom. The molecule has 0 aliphatic carbocycles. The molecule has 0 amide bonds. The standard InChI is InChI=1S/C10H10O/c1-3-10(11)9-6-4-8(2)5-7-9/h3-7H,1H2,2H3. The second-order valence-electron chi connectivity index (χ2n) is 2.43. The molecule has 1 nitrogen and oxygen atoms in total. The molecule has 1 aromatic carbocycles. The number of carbonyl (C=O) groups excluding carboxylic acids is 1. The molecule has 1 aromatic rings. The molecule has 11 heavy (non-hydrogen) atoms. The van der Waals surface area contributed by atoms with Crippen molar-refractivity contribution < 1.29 is 4.79 Å². The maximum absolute atomic E-state index is 11.0. The van der Waals surface area contributed by atoms with Crippen LogP contribution in [0, 0.1) is 6.92 Å². The van der Waals surface area contributed by atoms with Crippen LogP contribution < -0.4 is 0 Å². The van der Waals surface area contributed by atoms with Gasteiger partial charge in [-0.15, -0.1) is 0 Å². The van der Waals surface area contributed by atoms with Crippen molar-refractivity contribution in [2.45, 2.75) is 6.92 Å². The topological polar surface area (TPSA) is 17.1 Å². The number of benzene rings is 1. The second-order valence-corrected chi connectivity index (χ2v) is 2.43. The van der Waals surface area contributed by atoms with E-state index in [9.17, 15) is 4.79 Å². The third-order valence-electron chi connectivity index (χ3n) is 1.52. The summed E-state index contributed by atoms with van der Waals surface area (Å²) in [5.74, 6) is -0.0231. The highest BCUT2D eigenvalue weighted by Gasteiger charge is 1.97. The Balaban J connectivity index is 2.98. The average Bonchev–Trinajstić information content (AvgIpc) is 2.05. The minimum absolute atomic E-state index is 0.0231. The highest BCUT2D eigenvalue weighted by molar-refractivity contribution is 6.04.